The molecular formula is C14H25BN2O2S. The molecule has 0 aromatic carbocycles. The van der Waals surface area contributed by atoms with Crippen molar-refractivity contribution in [2.45, 2.75) is 58.5 Å². The third-order valence-electron chi connectivity index (χ3n) is 3.54. The van der Waals surface area contributed by atoms with Crippen LogP contribution in [0.15, 0.2) is 0 Å². The average molecular weight is 309 g/mol. The maximum atomic E-state index is 8.57. The summed E-state index contributed by atoms with van der Waals surface area (Å²) in [7, 11) is -1.47. The summed E-state index contributed by atoms with van der Waals surface area (Å²) in [6.07, 6.45) is 0. The van der Waals surface area contributed by atoms with Crippen LogP contribution in [0.25, 0.3) is 0 Å². The molecule has 1 fully saturated rings. The van der Waals surface area contributed by atoms with E-state index in [0.29, 0.717) is 0 Å². The van der Waals surface area contributed by atoms with Gasteiger partial charge in [0.25, 0.3) is 0 Å². The largest absolute Gasteiger partial charge is 0.515 e. The number of rotatable bonds is 3. The minimum absolute atomic E-state index is 0.00234. The van der Waals surface area contributed by atoms with Crippen LogP contribution in [0.1, 0.15) is 70.0 Å². The predicted molar refractivity (Wildman–Crippen MR) is 86.2 cm³/mol. The molecular weight excluding hydrogens is 271 g/mol. The molecule has 4 nitrogen and oxygen atoms in total. The van der Waals surface area contributed by atoms with Crippen molar-refractivity contribution >= 4 is 29.2 Å². The van der Waals surface area contributed by atoms with Gasteiger partial charge in [0, 0.05) is 36.6 Å². The summed E-state index contributed by atoms with van der Waals surface area (Å²) in [5.41, 5.74) is -2.41. The number of hydrogen-bond donors (Lipinski definition) is 0. The lowest BCUT2D eigenvalue weighted by atomic mass is 9.82. The summed E-state index contributed by atoms with van der Waals surface area (Å²) < 4.78 is 113. The number of aromatic nitrogens is 1. The molecule has 1 saturated heterocycles. The van der Waals surface area contributed by atoms with Crippen molar-refractivity contribution in [3.05, 3.63) is 4.88 Å². The lowest BCUT2D eigenvalue weighted by Crippen LogP contribution is -2.41. The topological polar surface area (TPSA) is 34.6 Å². The number of anilines is 1. The first-order chi connectivity index (χ1) is 14.3. The monoisotopic (exact) mass is 309 g/mol. The van der Waals surface area contributed by atoms with E-state index in [4.69, 9.17) is 27.1 Å². The highest BCUT2D eigenvalue weighted by Crippen LogP contribution is 2.38. The lowest BCUT2D eigenvalue weighted by Gasteiger charge is -2.32. The first kappa shape index (κ1) is 5.90. The van der Waals surface area contributed by atoms with Gasteiger partial charge in [-0.1, -0.05) is 13.7 Å². The van der Waals surface area contributed by atoms with Crippen molar-refractivity contribution in [2.24, 2.45) is 0 Å². The van der Waals surface area contributed by atoms with Gasteiger partial charge in [0.2, 0.25) is 0 Å². The van der Waals surface area contributed by atoms with E-state index in [0.717, 1.165) is 0 Å². The molecule has 6 heteroatoms. The van der Waals surface area contributed by atoms with E-state index in [9.17, 15) is 0 Å². The second-order valence-electron chi connectivity index (χ2n) is 5.51. The van der Waals surface area contributed by atoms with E-state index in [2.05, 4.69) is 4.98 Å². The lowest BCUT2D eigenvalue weighted by molar-refractivity contribution is 0.00578. The molecule has 1 aromatic rings. The predicted octanol–water partition coefficient (Wildman–Crippen LogP) is 2.63. The van der Waals surface area contributed by atoms with Gasteiger partial charge in [-0.3, -0.25) is 0 Å². The zero-order valence-electron chi connectivity index (χ0n) is 24.7. The highest BCUT2D eigenvalue weighted by molar-refractivity contribution is 7.16. The Balaban J connectivity index is 2.89. The Morgan fingerprint density at radius 3 is 2.35 bits per heavy atom. The normalized spacial score (nSPS) is 33.4. The standard InChI is InChI=1S/C14H25BN2O2S/c1-9(2)10-11(16-12(20-10)17(7)8)15-18-13(3,4)14(5,6)19-15/h9H,1-8H3/i1D3,2D3,7D3,8D3,9D. The van der Waals surface area contributed by atoms with Gasteiger partial charge in [-0.25, -0.2) is 4.98 Å². The molecule has 0 atom stereocenters. The SMILES string of the molecule is [2H]C([2H])([2H])N(c1nc(B2OC(C)(C)C(C)(C)O2)c(C([2H])(C([2H])([2H])[2H])C([2H])([2H])[2H])s1)C([2H])([2H])[2H]. The molecule has 1 aromatic heterocycles. The molecule has 2 rings (SSSR count). The van der Waals surface area contributed by atoms with Gasteiger partial charge in [0.15, 0.2) is 5.13 Å². The number of hydrogen-bond acceptors (Lipinski definition) is 5. The molecule has 0 amide bonds. The summed E-state index contributed by atoms with van der Waals surface area (Å²) in [6.45, 7) is -6.67. The van der Waals surface area contributed by atoms with E-state index in [1.165, 1.54) is 0 Å². The van der Waals surface area contributed by atoms with Crippen LogP contribution >= 0.6 is 11.3 Å². The molecule has 1 aliphatic heterocycles. The molecule has 112 valence electrons. The first-order valence-corrected chi connectivity index (χ1v) is 6.76. The van der Waals surface area contributed by atoms with Crippen molar-refractivity contribution in [3.8, 4) is 0 Å². The van der Waals surface area contributed by atoms with E-state index >= 15 is 0 Å². The quantitative estimate of drug-likeness (QED) is 0.804. The molecule has 0 spiro atoms. The van der Waals surface area contributed by atoms with E-state index in [1.54, 1.807) is 27.7 Å². The third-order valence-corrected chi connectivity index (χ3v) is 4.61. The Morgan fingerprint density at radius 2 is 1.85 bits per heavy atom. The Hall–Kier alpha value is -0.585. The summed E-state index contributed by atoms with van der Waals surface area (Å²) in [4.78, 5) is 3.32. The molecule has 0 aliphatic carbocycles. The smallest absolute Gasteiger partial charge is 0.398 e. The van der Waals surface area contributed by atoms with Crippen LogP contribution in [0, 0.1) is 0 Å². The molecule has 0 N–H and O–H groups in total. The number of nitrogens with zero attached hydrogens (tertiary/aromatic N) is 2. The van der Waals surface area contributed by atoms with E-state index < -0.39 is 67.5 Å². The molecule has 0 saturated carbocycles. The molecule has 0 unspecified atom stereocenters. The van der Waals surface area contributed by atoms with Crippen LogP contribution in [0.4, 0.5) is 5.13 Å². The van der Waals surface area contributed by atoms with E-state index in [1.807, 2.05) is 0 Å². The van der Waals surface area contributed by atoms with Crippen LogP contribution in [0.3, 0.4) is 0 Å². The van der Waals surface area contributed by atoms with Gasteiger partial charge in [0.05, 0.1) is 16.8 Å². The molecule has 1 aliphatic rings. The van der Waals surface area contributed by atoms with Crippen molar-refractivity contribution in [2.75, 3.05) is 18.9 Å². The minimum Gasteiger partial charge on any atom is -0.398 e. The maximum Gasteiger partial charge on any atom is 0.515 e. The average Bonchev–Trinajstić information content (AvgIpc) is 3.00. The first-order valence-electron chi connectivity index (χ1n) is 12.4. The third kappa shape index (κ3) is 2.61. The van der Waals surface area contributed by atoms with Gasteiger partial charge >= 0.3 is 7.12 Å². The van der Waals surface area contributed by atoms with Gasteiger partial charge in [-0.15, -0.1) is 11.3 Å². The van der Waals surface area contributed by atoms with Gasteiger partial charge in [0.1, 0.15) is 0 Å². The summed E-state index contributed by atoms with van der Waals surface area (Å²) >= 11 is 0.196. The Labute approximate surface area is 144 Å². The summed E-state index contributed by atoms with van der Waals surface area (Å²) in [6, 6.07) is 0. The van der Waals surface area contributed by atoms with E-state index in [-0.39, 0.29) is 16.2 Å². The van der Waals surface area contributed by atoms with Crippen LogP contribution in [-0.2, 0) is 9.31 Å². The molecule has 2 heterocycles. The Kier molecular flexibility index (Phi) is 1.47. The highest BCUT2D eigenvalue weighted by atomic mass is 32.1. The van der Waals surface area contributed by atoms with Crippen molar-refractivity contribution < 1.29 is 27.1 Å². The van der Waals surface area contributed by atoms with Crippen LogP contribution in [0.5, 0.6) is 0 Å². The molecule has 20 heavy (non-hydrogen) atoms. The van der Waals surface area contributed by atoms with Crippen molar-refractivity contribution in [1.82, 2.24) is 4.98 Å². The highest BCUT2D eigenvalue weighted by Gasteiger charge is 2.53. The van der Waals surface area contributed by atoms with Crippen molar-refractivity contribution in [3.63, 3.8) is 0 Å². The fourth-order valence-corrected chi connectivity index (χ4v) is 2.48. The van der Waals surface area contributed by atoms with Gasteiger partial charge in [-0.05, 0) is 33.6 Å². The van der Waals surface area contributed by atoms with Gasteiger partial charge in [-0.2, -0.15) is 0 Å². The summed E-state index contributed by atoms with van der Waals surface area (Å²) in [5, 5.41) is -0.708. The fraction of sp³-hybridized carbons (Fsp3) is 0.786. The second-order valence-corrected chi connectivity index (χ2v) is 6.49. The Bertz CT molecular complexity index is 844. The van der Waals surface area contributed by atoms with Crippen molar-refractivity contribution in [1.29, 1.82) is 0 Å². The Morgan fingerprint density at radius 1 is 1.25 bits per heavy atom. The van der Waals surface area contributed by atoms with Gasteiger partial charge < -0.3 is 14.2 Å². The van der Waals surface area contributed by atoms with Crippen LogP contribution < -0.4 is 10.5 Å². The minimum atomic E-state index is -3.43. The number of thiazole rings is 1. The summed E-state index contributed by atoms with van der Waals surface area (Å²) in [5.74, 6) is -3.27. The molecule has 0 bridgehead atoms. The maximum absolute atomic E-state index is 8.57. The van der Waals surface area contributed by atoms with Crippen LogP contribution in [0.2, 0.25) is 0 Å². The fourth-order valence-electron chi connectivity index (χ4n) is 1.71. The molecule has 0 radical (unpaired) electrons. The zero-order valence-corrected chi connectivity index (χ0v) is 12.5. The second kappa shape index (κ2) is 5.00. The van der Waals surface area contributed by atoms with Crippen LogP contribution in [-0.4, -0.2) is 37.3 Å². The zero-order chi connectivity index (χ0) is 26.2.